The fourth-order valence-corrected chi connectivity index (χ4v) is 0.531. The topological polar surface area (TPSA) is 83.6 Å². The van der Waals surface area contributed by atoms with Gasteiger partial charge in [0.05, 0.1) is 5.88 Å². The Morgan fingerprint density at radius 3 is 1.83 bits per heavy atom. The van der Waals surface area contributed by atoms with E-state index in [1.54, 1.807) is 0 Å². The summed E-state index contributed by atoms with van der Waals surface area (Å²) in [6.45, 7) is 5.90. The summed E-state index contributed by atoms with van der Waals surface area (Å²) in [6, 6.07) is 0. The smallest absolute Gasteiger partial charge is 0.348 e. The first-order chi connectivity index (χ1) is 5.18. The molecular formula is C6H16ClNO3P+. The minimum atomic E-state index is -2.49. The third kappa shape index (κ3) is 22.4. The van der Waals surface area contributed by atoms with Crippen molar-refractivity contribution in [3.05, 3.63) is 0 Å². The van der Waals surface area contributed by atoms with Gasteiger partial charge in [-0.25, -0.2) is 0 Å². The Morgan fingerprint density at radius 1 is 1.58 bits per heavy atom. The first-order valence-corrected chi connectivity index (χ1v) is 5.18. The molecular weight excluding hydrogens is 200 g/mol. The van der Waals surface area contributed by atoms with E-state index >= 15 is 0 Å². The molecule has 4 nitrogen and oxygen atoms in total. The van der Waals surface area contributed by atoms with Gasteiger partial charge >= 0.3 is 8.03 Å². The molecule has 0 amide bonds. The number of aliphatic hydroxyl groups is 1. The van der Waals surface area contributed by atoms with Crippen LogP contribution in [-0.4, -0.2) is 27.3 Å². The van der Waals surface area contributed by atoms with Crippen molar-refractivity contribution < 1.29 is 14.6 Å². The summed E-state index contributed by atoms with van der Waals surface area (Å²) in [6.07, 6.45) is 0. The summed E-state index contributed by atoms with van der Waals surface area (Å²) in [7, 11) is -2.49. The van der Waals surface area contributed by atoms with Gasteiger partial charge in [-0.2, -0.15) is 4.89 Å². The highest BCUT2D eigenvalue weighted by molar-refractivity contribution is 7.38. The molecule has 0 spiro atoms. The largest absolute Gasteiger partial charge is 0.538 e. The molecule has 0 fully saturated rings. The summed E-state index contributed by atoms with van der Waals surface area (Å²) in [5.41, 5.74) is 5.35. The highest BCUT2D eigenvalue weighted by Gasteiger charge is 2.23. The second kappa shape index (κ2) is 6.75. The van der Waals surface area contributed by atoms with E-state index in [-0.39, 0.29) is 11.4 Å². The molecule has 0 aromatic rings. The second-order valence-electron chi connectivity index (χ2n) is 3.30. The van der Waals surface area contributed by atoms with E-state index in [0.29, 0.717) is 0 Å². The van der Waals surface area contributed by atoms with Gasteiger partial charge in [0.1, 0.15) is 0 Å². The molecule has 0 saturated heterocycles. The van der Waals surface area contributed by atoms with E-state index in [1.165, 1.54) is 0 Å². The van der Waals surface area contributed by atoms with Crippen LogP contribution in [0.1, 0.15) is 20.8 Å². The molecule has 0 aromatic carbocycles. The van der Waals surface area contributed by atoms with E-state index < -0.39 is 13.9 Å². The zero-order valence-electron chi connectivity index (χ0n) is 7.49. The van der Waals surface area contributed by atoms with E-state index in [1.807, 2.05) is 20.8 Å². The van der Waals surface area contributed by atoms with Crippen LogP contribution in [0, 0.1) is 0 Å². The summed E-state index contributed by atoms with van der Waals surface area (Å²) >= 11 is 4.95. The normalized spacial score (nSPS) is 14.4. The van der Waals surface area contributed by atoms with Gasteiger partial charge in [-0.3, -0.25) is 0 Å². The maximum absolute atomic E-state index is 9.74. The predicted octanol–water partition coefficient (Wildman–Crippen LogP) is 1.02. The van der Waals surface area contributed by atoms with Crippen molar-refractivity contribution in [1.82, 2.24) is 0 Å². The van der Waals surface area contributed by atoms with Crippen LogP contribution in [0.25, 0.3) is 0 Å². The third-order valence-corrected chi connectivity index (χ3v) is 1.59. The molecule has 0 aromatic heterocycles. The van der Waals surface area contributed by atoms with Crippen molar-refractivity contribution in [2.45, 2.75) is 32.2 Å². The molecule has 0 rings (SSSR count). The number of alkyl halides is 1. The van der Waals surface area contributed by atoms with Crippen LogP contribution in [0.5, 0.6) is 0 Å². The Labute approximate surface area is 78.6 Å². The van der Waals surface area contributed by atoms with Crippen molar-refractivity contribution in [3.8, 4) is 0 Å². The Kier molecular flexibility index (Phi) is 8.31. The number of hydrogen-bond acceptors (Lipinski definition) is 3. The second-order valence-corrected chi connectivity index (χ2v) is 4.81. The predicted molar refractivity (Wildman–Crippen MR) is 50.5 cm³/mol. The molecule has 0 aliphatic heterocycles. The molecule has 0 aliphatic rings. The van der Waals surface area contributed by atoms with E-state index in [0.717, 1.165) is 0 Å². The summed E-state index contributed by atoms with van der Waals surface area (Å²) in [5, 5.41) is 8.27. The van der Waals surface area contributed by atoms with E-state index in [4.69, 9.17) is 27.3 Å². The molecule has 12 heavy (non-hydrogen) atoms. The Balaban J connectivity index is 0. The first-order valence-electron chi connectivity index (χ1n) is 3.36. The third-order valence-electron chi connectivity index (χ3n) is 0.393. The summed E-state index contributed by atoms with van der Waals surface area (Å²) < 4.78 is 9.74. The summed E-state index contributed by atoms with van der Waals surface area (Å²) in [5.74, 6) is -1.46. The Hall–Kier alpha value is 0.270. The van der Waals surface area contributed by atoms with Crippen LogP contribution in [-0.2, 0) is 4.57 Å². The number of halogens is 1. The number of aliphatic hydroxyl groups excluding tert-OH is 1. The first kappa shape index (κ1) is 14.8. The zero-order chi connectivity index (χ0) is 10.4. The lowest BCUT2D eigenvalue weighted by molar-refractivity contribution is 0.259. The quantitative estimate of drug-likeness (QED) is 0.475. The minimum Gasteiger partial charge on any atom is -0.348 e. The van der Waals surface area contributed by atoms with Gasteiger partial charge in [0.25, 0.3) is 5.85 Å². The highest BCUT2D eigenvalue weighted by Crippen LogP contribution is 2.19. The van der Waals surface area contributed by atoms with Crippen molar-refractivity contribution >= 4 is 19.6 Å². The van der Waals surface area contributed by atoms with Crippen LogP contribution < -0.4 is 5.73 Å². The molecule has 0 bridgehead atoms. The van der Waals surface area contributed by atoms with Gasteiger partial charge < -0.3 is 10.8 Å². The molecule has 4 N–H and O–H groups in total. The monoisotopic (exact) mass is 216 g/mol. The molecule has 0 heterocycles. The Bertz CT molecular complexity index is 131. The molecule has 0 saturated carbocycles. The molecule has 74 valence electrons. The maximum Gasteiger partial charge on any atom is 0.538 e. The standard InChI is InChI=1S/C4H11N.C2H4ClO3P/c1-4(2,3)5;3-1-2(4)7(5)6/h5H2,1-3H3;2,4H,1H2/p+1. The average molecular weight is 217 g/mol. The Morgan fingerprint density at radius 2 is 1.83 bits per heavy atom. The van der Waals surface area contributed by atoms with E-state index in [2.05, 4.69) is 0 Å². The van der Waals surface area contributed by atoms with Crippen molar-refractivity contribution in [2.24, 2.45) is 5.73 Å². The lowest BCUT2D eigenvalue weighted by atomic mass is 10.1. The molecule has 0 aliphatic carbocycles. The lowest BCUT2D eigenvalue weighted by Gasteiger charge is -2.06. The van der Waals surface area contributed by atoms with Crippen molar-refractivity contribution in [3.63, 3.8) is 0 Å². The molecule has 2 atom stereocenters. The van der Waals surface area contributed by atoms with E-state index in [9.17, 15) is 4.57 Å². The average Bonchev–Trinajstić information content (AvgIpc) is 1.82. The van der Waals surface area contributed by atoms with Gasteiger partial charge in [-0.1, -0.05) is 0 Å². The zero-order valence-corrected chi connectivity index (χ0v) is 9.14. The van der Waals surface area contributed by atoms with Gasteiger partial charge in [0, 0.05) is 5.54 Å². The fourth-order valence-electron chi connectivity index (χ4n) is 0.0590. The maximum atomic E-state index is 9.74. The molecule has 0 radical (unpaired) electrons. The number of rotatable bonds is 2. The van der Waals surface area contributed by atoms with Crippen LogP contribution in [0.4, 0.5) is 0 Å². The van der Waals surface area contributed by atoms with Crippen LogP contribution in [0.2, 0.25) is 0 Å². The minimum absolute atomic E-state index is 0. The van der Waals surface area contributed by atoms with Crippen LogP contribution >= 0.6 is 19.6 Å². The number of nitrogens with two attached hydrogens (primary N) is 1. The fraction of sp³-hybridized carbons (Fsp3) is 1.00. The molecule has 2 unspecified atom stereocenters. The van der Waals surface area contributed by atoms with Gasteiger partial charge in [0.15, 0.2) is 0 Å². The summed E-state index contributed by atoms with van der Waals surface area (Å²) in [4.78, 5) is 8.00. The SMILES string of the molecule is CC(C)(C)N.O=[P+](O)C(O)CCl. The lowest BCUT2D eigenvalue weighted by Crippen LogP contribution is -2.26. The highest BCUT2D eigenvalue weighted by atomic mass is 35.5. The van der Waals surface area contributed by atoms with Crippen LogP contribution in [0.3, 0.4) is 0 Å². The van der Waals surface area contributed by atoms with Crippen LogP contribution in [0.15, 0.2) is 0 Å². The van der Waals surface area contributed by atoms with Crippen molar-refractivity contribution in [2.75, 3.05) is 5.88 Å². The van der Waals surface area contributed by atoms with Gasteiger partial charge in [-0.05, 0) is 25.3 Å². The van der Waals surface area contributed by atoms with Crippen molar-refractivity contribution in [1.29, 1.82) is 0 Å². The molecule has 6 heteroatoms. The van der Waals surface area contributed by atoms with Gasteiger partial charge in [0.2, 0.25) is 0 Å². The van der Waals surface area contributed by atoms with Gasteiger partial charge in [-0.15, -0.1) is 11.6 Å². The number of hydrogen-bond donors (Lipinski definition) is 3.